The Hall–Kier alpha value is 0.497. The molecule has 0 rings (SSSR count). The van der Waals surface area contributed by atoms with E-state index in [0.29, 0.717) is 4.44 Å². The molecule has 0 aromatic rings. The van der Waals surface area contributed by atoms with Crippen LogP contribution < -0.4 is 0 Å². The average Bonchev–Trinajstić information content (AvgIpc) is 2.37. The second-order valence-corrected chi connectivity index (χ2v) is 28.2. The molecule has 0 aliphatic rings. The van der Waals surface area contributed by atoms with E-state index in [-0.39, 0.29) is 11.9 Å². The zero-order valence-corrected chi connectivity index (χ0v) is 21.4. The second kappa shape index (κ2) is 11.9. The first-order valence-electron chi connectivity index (χ1n) is 8.88. The number of rotatable bonds is 12. The van der Waals surface area contributed by atoms with Gasteiger partial charge in [0.25, 0.3) is 0 Å². The van der Waals surface area contributed by atoms with Gasteiger partial charge in [-0.15, -0.1) is 0 Å². The van der Waals surface area contributed by atoms with Crippen LogP contribution in [-0.2, 0) is 17.1 Å². The molecule has 0 heterocycles. The molecule has 5 nitrogen and oxygen atoms in total. The summed E-state index contributed by atoms with van der Waals surface area (Å²) in [5, 5.41) is 0. The molecular weight excluding hydrogens is 510 g/mol. The minimum absolute atomic E-state index is 0.389. The summed E-state index contributed by atoms with van der Waals surface area (Å²) in [5.74, 6) is -0.777. The van der Waals surface area contributed by atoms with Crippen molar-refractivity contribution < 1.29 is 17.1 Å². The Morgan fingerprint density at radius 3 is 1.30 bits per heavy atom. The van der Waals surface area contributed by atoms with Gasteiger partial charge in [0.15, 0.2) is 0 Å². The van der Waals surface area contributed by atoms with Gasteiger partial charge in [-0.1, -0.05) is 0 Å². The molecule has 136 valence electrons. The predicted molar refractivity (Wildman–Crippen MR) is 96.5 cm³/mol. The molecule has 0 bridgehead atoms. The van der Waals surface area contributed by atoms with Crippen LogP contribution in [0.15, 0.2) is 0 Å². The average molecular weight is 544 g/mol. The van der Waals surface area contributed by atoms with Crippen LogP contribution in [0.3, 0.4) is 0 Å². The molecule has 0 aliphatic heterocycles. The molecule has 0 saturated heterocycles. The van der Waals surface area contributed by atoms with Crippen LogP contribution in [0.5, 0.6) is 0 Å². The Bertz CT molecular complexity index is 340. The fourth-order valence-corrected chi connectivity index (χ4v) is 43.4. The van der Waals surface area contributed by atoms with Gasteiger partial charge >= 0.3 is 152 Å². The van der Waals surface area contributed by atoms with Crippen molar-refractivity contribution in [1.29, 1.82) is 0 Å². The summed E-state index contributed by atoms with van der Waals surface area (Å²) in [5.41, 5.74) is 0. The van der Waals surface area contributed by atoms with Gasteiger partial charge in [-0.05, 0) is 0 Å². The molecule has 0 aromatic carbocycles. The maximum atomic E-state index is 11.7. The van der Waals surface area contributed by atoms with E-state index in [1.807, 2.05) is 6.92 Å². The van der Waals surface area contributed by atoms with Gasteiger partial charge in [0, 0.05) is 0 Å². The molecule has 0 fully saturated rings. The maximum absolute atomic E-state index is 11.7. The summed E-state index contributed by atoms with van der Waals surface area (Å²) >= 11 is -7.11. The molecule has 0 spiro atoms. The van der Waals surface area contributed by atoms with E-state index in [0.717, 1.165) is 39.0 Å². The Labute approximate surface area is 151 Å². The van der Waals surface area contributed by atoms with E-state index in [9.17, 15) is 9.59 Å². The summed E-state index contributed by atoms with van der Waals surface area (Å²) in [7, 11) is 0. The number of hydrogen-bond donors (Lipinski definition) is 0. The first-order valence-corrected chi connectivity index (χ1v) is 21.6. The summed E-state index contributed by atoms with van der Waals surface area (Å²) in [6.07, 6.45) is 4.02. The Kier molecular flexibility index (Phi) is 12.2. The molecule has 0 amide bonds. The van der Waals surface area contributed by atoms with Crippen molar-refractivity contribution in [2.24, 2.45) is 0 Å². The van der Waals surface area contributed by atoms with E-state index in [4.69, 9.17) is 7.56 Å². The van der Waals surface area contributed by atoms with E-state index >= 15 is 0 Å². The first kappa shape index (κ1) is 23.5. The van der Waals surface area contributed by atoms with Gasteiger partial charge in [-0.3, -0.25) is 0 Å². The van der Waals surface area contributed by atoms with Crippen LogP contribution in [0.4, 0.5) is 0 Å². The summed E-state index contributed by atoms with van der Waals surface area (Å²) in [6.45, 7) is 11.3. The van der Waals surface area contributed by atoms with Crippen LogP contribution in [0.25, 0.3) is 0 Å². The van der Waals surface area contributed by atoms with Crippen molar-refractivity contribution in [3.05, 3.63) is 0 Å². The van der Waals surface area contributed by atoms with Crippen molar-refractivity contribution >= 4 is 50.3 Å². The summed E-state index contributed by atoms with van der Waals surface area (Å²) in [6, 6.07) is 0. The van der Waals surface area contributed by atoms with Gasteiger partial charge < -0.3 is 0 Å². The van der Waals surface area contributed by atoms with Gasteiger partial charge in [0.05, 0.1) is 0 Å². The fourth-order valence-electron chi connectivity index (χ4n) is 3.18. The monoisotopic (exact) mass is 546 g/mol. The van der Waals surface area contributed by atoms with Crippen molar-refractivity contribution in [3.8, 4) is 0 Å². The van der Waals surface area contributed by atoms with E-state index < -0.39 is 38.4 Å². The minimum atomic E-state index is -4.17. The topological polar surface area (TPSA) is 61.8 Å². The third-order valence-electron chi connectivity index (χ3n) is 3.64. The molecule has 0 radical (unpaired) electrons. The van der Waals surface area contributed by atoms with Crippen molar-refractivity contribution in [3.63, 3.8) is 0 Å². The standard InChI is InChI=1S/4C3H7.2C2H4O2.O.2Sn/c4*1-3-2;2*1-2(3)4;;;/h4*1,3H2,2H3;2*1H3,(H,3,4);;;/q;;;;;;;;+2/p-2. The normalized spacial score (nSPS) is 12.1. The van der Waals surface area contributed by atoms with E-state index in [1.54, 1.807) is 0 Å². The summed E-state index contributed by atoms with van der Waals surface area (Å²) < 4.78 is 21.9. The number of carbonyl (C=O) groups excluding carboxylic acids is 2. The molecule has 7 heteroatoms. The number of carbonyl (C=O) groups is 2. The Balaban J connectivity index is 5.68. The molecule has 0 aliphatic carbocycles. The van der Waals surface area contributed by atoms with Crippen LogP contribution >= 0.6 is 0 Å². The zero-order chi connectivity index (χ0) is 17.9. The fraction of sp³-hybridized carbons (Fsp3) is 0.875. The Morgan fingerprint density at radius 1 is 0.696 bits per heavy atom. The van der Waals surface area contributed by atoms with Crippen molar-refractivity contribution in [2.45, 2.75) is 85.0 Å². The second-order valence-electron chi connectivity index (χ2n) is 6.16. The van der Waals surface area contributed by atoms with Gasteiger partial charge in [-0.2, -0.15) is 0 Å². The molecule has 0 atom stereocenters. The third-order valence-corrected chi connectivity index (χ3v) is 38.7. The van der Waals surface area contributed by atoms with Gasteiger partial charge in [0.2, 0.25) is 0 Å². The van der Waals surface area contributed by atoms with Crippen molar-refractivity contribution in [1.82, 2.24) is 0 Å². The quantitative estimate of drug-likeness (QED) is 0.335. The first-order chi connectivity index (χ1) is 10.8. The molecule has 0 unspecified atom stereocenters. The molecule has 0 aromatic heterocycles. The predicted octanol–water partition coefficient (Wildman–Crippen LogP) is 4.65. The van der Waals surface area contributed by atoms with E-state index in [2.05, 4.69) is 20.8 Å². The summed E-state index contributed by atoms with van der Waals surface area (Å²) in [4.78, 5) is 23.3. The van der Waals surface area contributed by atoms with Crippen LogP contribution in [0.1, 0.15) is 67.2 Å². The Morgan fingerprint density at radius 2 is 1.04 bits per heavy atom. The van der Waals surface area contributed by atoms with Crippen molar-refractivity contribution in [2.75, 3.05) is 0 Å². The van der Waals surface area contributed by atoms with Crippen LogP contribution in [0, 0.1) is 0 Å². The van der Waals surface area contributed by atoms with E-state index in [1.165, 1.54) is 13.8 Å². The SMILES string of the molecule is CC[CH2][Sn]([CH2]CC)([CH2]CC)[O][Sn]([CH2]CC)([O]C(C)=O)[O]C(C)=O. The number of hydrogen-bond acceptors (Lipinski definition) is 5. The van der Waals surface area contributed by atoms with Gasteiger partial charge in [-0.25, -0.2) is 0 Å². The molecule has 0 saturated carbocycles. The third kappa shape index (κ3) is 8.95. The molecule has 0 N–H and O–H groups in total. The molecular formula is C16H34O5Sn2. The zero-order valence-electron chi connectivity index (χ0n) is 15.7. The van der Waals surface area contributed by atoms with Gasteiger partial charge in [0.1, 0.15) is 0 Å². The van der Waals surface area contributed by atoms with Crippen LogP contribution in [-0.4, -0.2) is 50.3 Å². The molecule has 23 heavy (non-hydrogen) atoms. The van der Waals surface area contributed by atoms with Crippen LogP contribution in [0.2, 0.25) is 17.7 Å².